The third-order valence-corrected chi connectivity index (χ3v) is 8.80. The molecular formula is C32H34N4O6. The second-order valence-electron chi connectivity index (χ2n) is 11.6. The van der Waals surface area contributed by atoms with Crippen molar-refractivity contribution in [3.05, 3.63) is 71.0 Å². The van der Waals surface area contributed by atoms with Crippen LogP contribution < -0.4 is 10.1 Å². The third-order valence-electron chi connectivity index (χ3n) is 8.80. The van der Waals surface area contributed by atoms with Crippen molar-refractivity contribution in [1.82, 2.24) is 20.3 Å². The molecule has 218 valence electrons. The Morgan fingerprint density at radius 2 is 1.86 bits per heavy atom. The summed E-state index contributed by atoms with van der Waals surface area (Å²) in [4.78, 5) is 49.0. The van der Waals surface area contributed by atoms with Crippen molar-refractivity contribution in [2.24, 2.45) is 0 Å². The lowest BCUT2D eigenvalue weighted by molar-refractivity contribution is -0.158. The number of hydrogen-bond acceptors (Lipinski definition) is 8. The predicted molar refractivity (Wildman–Crippen MR) is 152 cm³/mol. The summed E-state index contributed by atoms with van der Waals surface area (Å²) in [6.07, 6.45) is 5.43. The van der Waals surface area contributed by atoms with Crippen molar-refractivity contribution >= 4 is 28.5 Å². The van der Waals surface area contributed by atoms with E-state index in [2.05, 4.69) is 34.6 Å². The number of carbonyl (C=O) groups is 3. The van der Waals surface area contributed by atoms with Crippen LogP contribution in [0.2, 0.25) is 0 Å². The predicted octanol–water partition coefficient (Wildman–Crippen LogP) is 3.47. The zero-order chi connectivity index (χ0) is 28.6. The van der Waals surface area contributed by atoms with Gasteiger partial charge in [-0.2, -0.15) is 5.06 Å². The molecular weight excluding hydrogens is 536 g/mol. The van der Waals surface area contributed by atoms with E-state index in [4.69, 9.17) is 14.3 Å². The molecule has 4 aliphatic rings. The first-order valence-corrected chi connectivity index (χ1v) is 14.8. The number of amides is 3. The second-order valence-corrected chi connectivity index (χ2v) is 11.6. The van der Waals surface area contributed by atoms with Crippen LogP contribution in [0.25, 0.3) is 10.8 Å². The van der Waals surface area contributed by atoms with Gasteiger partial charge in [-0.1, -0.05) is 12.1 Å². The molecule has 0 saturated carbocycles. The van der Waals surface area contributed by atoms with E-state index in [-0.39, 0.29) is 24.3 Å². The van der Waals surface area contributed by atoms with Crippen LogP contribution in [-0.4, -0.2) is 71.1 Å². The third kappa shape index (κ3) is 5.49. The molecule has 3 saturated heterocycles. The number of aromatic nitrogens is 1. The largest absolute Gasteiger partial charge is 0.489 e. The van der Waals surface area contributed by atoms with Gasteiger partial charge in [-0.25, -0.2) is 0 Å². The van der Waals surface area contributed by atoms with Crippen LogP contribution in [-0.2, 0) is 32.3 Å². The van der Waals surface area contributed by atoms with Gasteiger partial charge < -0.3 is 14.4 Å². The van der Waals surface area contributed by atoms with E-state index >= 15 is 0 Å². The molecule has 1 N–H and O–H groups in total. The zero-order valence-corrected chi connectivity index (χ0v) is 23.4. The number of piperidine rings is 1. The molecule has 2 atom stereocenters. The molecule has 3 amide bonds. The van der Waals surface area contributed by atoms with Gasteiger partial charge in [0.05, 0.1) is 12.2 Å². The molecule has 4 aliphatic heterocycles. The summed E-state index contributed by atoms with van der Waals surface area (Å²) in [5.41, 5.74) is 3.65. The minimum atomic E-state index is -0.626. The number of nitrogens with one attached hydrogen (secondary N) is 1. The molecule has 0 bridgehead atoms. The van der Waals surface area contributed by atoms with Crippen molar-refractivity contribution in [3.8, 4) is 5.75 Å². The van der Waals surface area contributed by atoms with Gasteiger partial charge in [-0.05, 0) is 72.0 Å². The van der Waals surface area contributed by atoms with Gasteiger partial charge in [-0.15, -0.1) is 0 Å². The molecule has 7 rings (SSSR count). The molecule has 0 aliphatic carbocycles. The van der Waals surface area contributed by atoms with Crippen LogP contribution in [0.1, 0.15) is 65.2 Å². The summed E-state index contributed by atoms with van der Waals surface area (Å²) >= 11 is 0. The summed E-state index contributed by atoms with van der Waals surface area (Å²) in [5.74, 6) is 0.360. The van der Waals surface area contributed by atoms with E-state index in [1.54, 1.807) is 17.0 Å². The summed E-state index contributed by atoms with van der Waals surface area (Å²) in [7, 11) is 0. The van der Waals surface area contributed by atoms with Crippen LogP contribution in [0.5, 0.6) is 5.75 Å². The maximum absolute atomic E-state index is 13.0. The Hall–Kier alpha value is -3.86. The first-order chi connectivity index (χ1) is 20.5. The molecule has 1 aromatic heterocycles. The fraction of sp³-hybridized carbons (Fsp3) is 0.438. The van der Waals surface area contributed by atoms with Crippen molar-refractivity contribution in [3.63, 3.8) is 0 Å². The van der Waals surface area contributed by atoms with Crippen LogP contribution in [0.4, 0.5) is 0 Å². The Morgan fingerprint density at radius 3 is 2.71 bits per heavy atom. The topological polar surface area (TPSA) is 110 Å². The second kappa shape index (κ2) is 11.4. The van der Waals surface area contributed by atoms with Gasteiger partial charge in [0.2, 0.25) is 11.8 Å². The molecule has 3 aromatic rings. The standard InChI is InChI=1S/C32H34N4O6/c37-30-6-5-29(31(38)34-30)36-17-24-15-26(3-4-28(24)32(36)39)42-27-7-10-35(18-27)41-19-25-14-22-2-1-21(13-23(22)16-33-25)20-8-11-40-12-9-20/h1-4,13-16,20,27,29H,5-12,17-19H2,(H,34,37,38)/t27-,29-/m0/s1. The number of carbonyl (C=O) groups excluding carboxylic acids is 3. The molecule has 10 nitrogen and oxygen atoms in total. The monoisotopic (exact) mass is 570 g/mol. The van der Waals surface area contributed by atoms with E-state index in [1.165, 1.54) is 5.56 Å². The summed E-state index contributed by atoms with van der Waals surface area (Å²) < 4.78 is 11.8. The van der Waals surface area contributed by atoms with E-state index in [1.807, 2.05) is 17.3 Å². The van der Waals surface area contributed by atoms with Crippen molar-refractivity contribution < 1.29 is 28.7 Å². The van der Waals surface area contributed by atoms with Crippen molar-refractivity contribution in [2.45, 2.75) is 63.3 Å². The van der Waals surface area contributed by atoms with Gasteiger partial charge in [-0.3, -0.25) is 29.5 Å². The van der Waals surface area contributed by atoms with Crippen molar-refractivity contribution in [1.29, 1.82) is 0 Å². The van der Waals surface area contributed by atoms with Gasteiger partial charge in [0, 0.05) is 56.3 Å². The first-order valence-electron chi connectivity index (χ1n) is 14.8. The highest BCUT2D eigenvalue weighted by atomic mass is 16.7. The average Bonchev–Trinajstić information content (AvgIpc) is 3.59. The maximum Gasteiger partial charge on any atom is 0.255 e. The lowest BCUT2D eigenvalue weighted by Gasteiger charge is -2.29. The minimum absolute atomic E-state index is 0.0421. The quantitative estimate of drug-likeness (QED) is 0.430. The minimum Gasteiger partial charge on any atom is -0.489 e. The first kappa shape index (κ1) is 27.0. The van der Waals surface area contributed by atoms with Crippen LogP contribution in [0.15, 0.2) is 48.7 Å². The number of pyridine rings is 1. The Morgan fingerprint density at radius 1 is 0.976 bits per heavy atom. The van der Waals surface area contributed by atoms with Gasteiger partial charge in [0.1, 0.15) is 24.5 Å². The Labute approximate surface area is 243 Å². The number of hydrogen-bond donors (Lipinski definition) is 1. The summed E-state index contributed by atoms with van der Waals surface area (Å²) in [6.45, 7) is 3.76. The molecule has 3 fully saturated rings. The number of hydroxylamine groups is 2. The Bertz CT molecular complexity index is 1540. The smallest absolute Gasteiger partial charge is 0.255 e. The molecule has 0 unspecified atom stereocenters. The van der Waals surface area contributed by atoms with E-state index in [0.29, 0.717) is 43.3 Å². The molecule has 0 radical (unpaired) electrons. The highest BCUT2D eigenvalue weighted by molar-refractivity contribution is 6.05. The van der Waals surface area contributed by atoms with E-state index in [9.17, 15) is 14.4 Å². The van der Waals surface area contributed by atoms with Gasteiger partial charge in [0.25, 0.3) is 5.91 Å². The van der Waals surface area contributed by atoms with Gasteiger partial charge >= 0.3 is 0 Å². The van der Waals surface area contributed by atoms with Gasteiger partial charge in [0.15, 0.2) is 0 Å². The fourth-order valence-electron chi connectivity index (χ4n) is 6.45. The van der Waals surface area contributed by atoms with Crippen molar-refractivity contribution in [2.75, 3.05) is 26.3 Å². The fourth-order valence-corrected chi connectivity index (χ4v) is 6.45. The zero-order valence-electron chi connectivity index (χ0n) is 23.4. The van der Waals surface area contributed by atoms with Crippen LogP contribution >= 0.6 is 0 Å². The van der Waals surface area contributed by atoms with E-state index < -0.39 is 11.9 Å². The van der Waals surface area contributed by atoms with Crippen LogP contribution in [0.3, 0.4) is 0 Å². The summed E-state index contributed by atoms with van der Waals surface area (Å²) in [6, 6.07) is 13.6. The number of rotatable bonds is 7. The Kier molecular flexibility index (Phi) is 7.35. The number of fused-ring (bicyclic) bond motifs is 2. The molecule has 0 spiro atoms. The number of imide groups is 1. The lowest BCUT2D eigenvalue weighted by atomic mass is 9.90. The molecule has 42 heavy (non-hydrogen) atoms. The lowest BCUT2D eigenvalue weighted by Crippen LogP contribution is -2.52. The SMILES string of the molecule is O=C1CC[C@H](N2Cc3cc(O[C@H]4CCN(OCc5cc6ccc(C7CCOCC7)cc6cn5)C4)ccc3C2=O)C(=O)N1. The molecule has 2 aromatic carbocycles. The highest BCUT2D eigenvalue weighted by Crippen LogP contribution is 2.32. The number of ether oxygens (including phenoxy) is 2. The highest BCUT2D eigenvalue weighted by Gasteiger charge is 2.39. The maximum atomic E-state index is 13.0. The van der Waals surface area contributed by atoms with E-state index in [0.717, 1.165) is 61.1 Å². The Balaban J connectivity index is 0.923. The molecule has 5 heterocycles. The normalized spacial score (nSPS) is 23.4. The molecule has 10 heteroatoms. The number of benzene rings is 2. The number of nitrogens with zero attached hydrogens (tertiary/aromatic N) is 3. The summed E-state index contributed by atoms with van der Waals surface area (Å²) in [5, 5.41) is 6.57. The van der Waals surface area contributed by atoms with Crippen LogP contribution in [0, 0.1) is 0 Å². The average molecular weight is 571 g/mol.